The van der Waals surface area contributed by atoms with Crippen LogP contribution in [0, 0.1) is 18.3 Å². The van der Waals surface area contributed by atoms with Crippen molar-refractivity contribution in [2.24, 2.45) is 0 Å². The van der Waals surface area contributed by atoms with Gasteiger partial charge in [-0.25, -0.2) is 24.9 Å². The molecule has 10 nitrogen and oxygen atoms in total. The number of fused-ring (bicyclic) bond motifs is 1. The van der Waals surface area contributed by atoms with E-state index in [1.165, 1.54) is 11.1 Å². The van der Waals surface area contributed by atoms with Crippen molar-refractivity contribution < 1.29 is 0 Å². The third-order valence-electron chi connectivity index (χ3n) is 8.19. The Bertz CT molecular complexity index is 2020. The molecule has 1 fully saturated rings. The van der Waals surface area contributed by atoms with Crippen LogP contribution in [-0.4, -0.2) is 53.5 Å². The second kappa shape index (κ2) is 12.1. The topological polar surface area (TPSA) is 134 Å². The number of aryl methyl sites for hydroxylation is 1. The monoisotopic (exact) mass is 592 g/mol. The maximum absolute atomic E-state index is 9.07. The zero-order valence-corrected chi connectivity index (χ0v) is 24.9. The van der Waals surface area contributed by atoms with E-state index in [1.54, 1.807) is 12.4 Å². The number of nitrogen functional groups attached to an aromatic ring is 1. The highest BCUT2D eigenvalue weighted by atomic mass is 15.2. The molecule has 0 aliphatic carbocycles. The van der Waals surface area contributed by atoms with Crippen LogP contribution < -0.4 is 11.1 Å². The number of nitrogens with one attached hydrogen (secondary N) is 1. The van der Waals surface area contributed by atoms with Crippen LogP contribution in [0.4, 0.5) is 11.6 Å². The van der Waals surface area contributed by atoms with Crippen molar-refractivity contribution in [2.45, 2.75) is 32.4 Å². The molecule has 0 amide bonds. The van der Waals surface area contributed by atoms with E-state index < -0.39 is 0 Å². The molecule has 7 rings (SSSR count). The lowest BCUT2D eigenvalue weighted by molar-refractivity contribution is 0.211. The van der Waals surface area contributed by atoms with Crippen molar-refractivity contribution in [3.05, 3.63) is 108 Å². The third-order valence-corrected chi connectivity index (χ3v) is 8.19. The van der Waals surface area contributed by atoms with Gasteiger partial charge in [-0.1, -0.05) is 35.9 Å². The molecule has 45 heavy (non-hydrogen) atoms. The largest absolute Gasteiger partial charge is 0.383 e. The van der Waals surface area contributed by atoms with Gasteiger partial charge < -0.3 is 11.1 Å². The van der Waals surface area contributed by atoms with Crippen LogP contribution in [0.15, 0.2) is 91.3 Å². The Morgan fingerprint density at radius 2 is 1.76 bits per heavy atom. The molecular formula is C35H32N10. The number of anilines is 2. The number of hydrogen-bond acceptors (Lipinski definition) is 9. The summed E-state index contributed by atoms with van der Waals surface area (Å²) in [6, 6.07) is 29.0. The third kappa shape index (κ3) is 5.94. The normalized spacial score (nSPS) is 14.0. The molecule has 0 saturated carbocycles. The van der Waals surface area contributed by atoms with Gasteiger partial charge in [-0.3, -0.25) is 9.47 Å². The van der Waals surface area contributed by atoms with Crippen LogP contribution >= 0.6 is 0 Å². The zero-order valence-electron chi connectivity index (χ0n) is 24.9. The Morgan fingerprint density at radius 3 is 2.53 bits per heavy atom. The van der Waals surface area contributed by atoms with Gasteiger partial charge in [-0.05, 0) is 73.9 Å². The SMILES string of the molecule is Cc1cccc(-c2ccc3nc(-c4cccnc4N)n(-c4ccc(CN5CCC(Nc6ccnc(C#N)n6)CC5)cc4)c3n2)c1. The first-order valence-corrected chi connectivity index (χ1v) is 15.0. The molecule has 0 spiro atoms. The van der Waals surface area contributed by atoms with Crippen molar-refractivity contribution in [3.63, 3.8) is 0 Å². The van der Waals surface area contributed by atoms with Crippen molar-refractivity contribution in [1.82, 2.24) is 34.4 Å². The van der Waals surface area contributed by atoms with Gasteiger partial charge in [-0.2, -0.15) is 5.26 Å². The van der Waals surface area contributed by atoms with Gasteiger partial charge in [0.1, 0.15) is 23.2 Å². The summed E-state index contributed by atoms with van der Waals surface area (Å²) >= 11 is 0. The molecular weight excluding hydrogens is 560 g/mol. The Labute approximate surface area is 261 Å². The van der Waals surface area contributed by atoms with Crippen LogP contribution in [0.2, 0.25) is 0 Å². The Kier molecular flexibility index (Phi) is 7.59. The highest BCUT2D eigenvalue weighted by Crippen LogP contribution is 2.32. The average molecular weight is 593 g/mol. The maximum atomic E-state index is 9.07. The average Bonchev–Trinajstić information content (AvgIpc) is 3.45. The zero-order chi connectivity index (χ0) is 30.8. The molecule has 6 aromatic rings. The highest BCUT2D eigenvalue weighted by molar-refractivity contribution is 5.84. The second-order valence-electron chi connectivity index (χ2n) is 11.4. The van der Waals surface area contributed by atoms with Crippen molar-refractivity contribution in [1.29, 1.82) is 5.26 Å². The van der Waals surface area contributed by atoms with E-state index in [-0.39, 0.29) is 5.82 Å². The first-order valence-electron chi connectivity index (χ1n) is 15.0. The van der Waals surface area contributed by atoms with Crippen LogP contribution in [-0.2, 0) is 6.54 Å². The minimum Gasteiger partial charge on any atom is -0.383 e. The number of hydrogen-bond donors (Lipinski definition) is 2. The first-order chi connectivity index (χ1) is 22.0. The van der Waals surface area contributed by atoms with Gasteiger partial charge in [0.15, 0.2) is 11.5 Å². The number of pyridine rings is 2. The fourth-order valence-electron chi connectivity index (χ4n) is 5.90. The Balaban J connectivity index is 1.13. The van der Waals surface area contributed by atoms with E-state index in [0.717, 1.165) is 66.1 Å². The molecule has 0 radical (unpaired) electrons. The van der Waals surface area contributed by atoms with E-state index in [2.05, 4.69) is 85.2 Å². The number of likely N-dealkylation sites (tertiary alicyclic amines) is 1. The number of benzene rings is 2. The summed E-state index contributed by atoms with van der Waals surface area (Å²) in [4.78, 5) is 25.1. The predicted molar refractivity (Wildman–Crippen MR) is 175 cm³/mol. The maximum Gasteiger partial charge on any atom is 0.234 e. The molecule has 0 atom stereocenters. The van der Waals surface area contributed by atoms with Crippen LogP contribution in [0.25, 0.3) is 39.5 Å². The summed E-state index contributed by atoms with van der Waals surface area (Å²) in [5.41, 5.74) is 14.0. The lowest BCUT2D eigenvalue weighted by Gasteiger charge is -2.32. The molecule has 1 aliphatic rings. The number of piperidine rings is 1. The lowest BCUT2D eigenvalue weighted by atomic mass is 10.0. The molecule has 5 heterocycles. The first kappa shape index (κ1) is 28.1. The molecule has 0 bridgehead atoms. The summed E-state index contributed by atoms with van der Waals surface area (Å²) in [7, 11) is 0. The highest BCUT2D eigenvalue weighted by Gasteiger charge is 2.21. The Hall–Kier alpha value is -5.66. The summed E-state index contributed by atoms with van der Waals surface area (Å²) in [6.07, 6.45) is 5.30. The van der Waals surface area contributed by atoms with Gasteiger partial charge in [0.25, 0.3) is 0 Å². The van der Waals surface area contributed by atoms with Crippen LogP contribution in [0.5, 0.6) is 0 Å². The molecule has 0 unspecified atom stereocenters. The van der Waals surface area contributed by atoms with Gasteiger partial charge >= 0.3 is 0 Å². The summed E-state index contributed by atoms with van der Waals surface area (Å²) in [6.45, 7) is 4.89. The molecule has 3 N–H and O–H groups in total. The van der Waals surface area contributed by atoms with E-state index in [4.69, 9.17) is 21.0 Å². The van der Waals surface area contributed by atoms with E-state index in [0.29, 0.717) is 23.5 Å². The summed E-state index contributed by atoms with van der Waals surface area (Å²) < 4.78 is 2.08. The number of rotatable bonds is 7. The number of nitrogens with two attached hydrogens (primary N) is 1. The number of imidazole rings is 1. The lowest BCUT2D eigenvalue weighted by Crippen LogP contribution is -2.38. The minimum atomic E-state index is 0.183. The Morgan fingerprint density at radius 1 is 0.911 bits per heavy atom. The quantitative estimate of drug-likeness (QED) is 0.237. The van der Waals surface area contributed by atoms with E-state index in [1.807, 2.05) is 36.4 Å². The second-order valence-corrected chi connectivity index (χ2v) is 11.4. The fourth-order valence-corrected chi connectivity index (χ4v) is 5.90. The van der Waals surface area contributed by atoms with Gasteiger partial charge in [0, 0.05) is 49.3 Å². The van der Waals surface area contributed by atoms with Crippen LogP contribution in [0.3, 0.4) is 0 Å². The van der Waals surface area contributed by atoms with E-state index in [9.17, 15) is 0 Å². The van der Waals surface area contributed by atoms with Crippen LogP contribution in [0.1, 0.15) is 29.8 Å². The molecule has 1 saturated heterocycles. The number of aromatic nitrogens is 6. The predicted octanol–water partition coefficient (Wildman–Crippen LogP) is 5.78. The van der Waals surface area contributed by atoms with Gasteiger partial charge in [0.2, 0.25) is 5.82 Å². The van der Waals surface area contributed by atoms with Crippen molar-refractivity contribution >= 4 is 22.8 Å². The molecule has 1 aliphatic heterocycles. The van der Waals surface area contributed by atoms with Crippen molar-refractivity contribution in [2.75, 3.05) is 24.1 Å². The standard InChI is InChI=1S/C35H32N10/c1-23-4-2-5-25(20-23)29-11-12-30-35(41-29)45(34(42-30)28-6-3-16-39-33(28)37)27-9-7-24(8-10-27)22-44-18-14-26(15-19-44)40-31-13-17-38-32(21-36)43-31/h2-13,16-17,20,26H,14-15,18-19,22H2,1H3,(H2,37,39)(H,38,40,43). The molecule has 222 valence electrons. The number of nitrogens with zero attached hydrogens (tertiary/aromatic N) is 8. The summed E-state index contributed by atoms with van der Waals surface area (Å²) in [5.74, 6) is 2.02. The molecule has 2 aromatic carbocycles. The smallest absolute Gasteiger partial charge is 0.234 e. The molecule has 4 aromatic heterocycles. The summed E-state index contributed by atoms with van der Waals surface area (Å²) in [5, 5.41) is 12.5. The van der Waals surface area contributed by atoms with E-state index >= 15 is 0 Å². The fraction of sp³-hybridized carbons (Fsp3) is 0.200. The number of nitriles is 1. The van der Waals surface area contributed by atoms with Gasteiger partial charge in [-0.15, -0.1) is 0 Å². The molecule has 10 heteroatoms. The minimum absolute atomic E-state index is 0.183. The van der Waals surface area contributed by atoms with Crippen molar-refractivity contribution in [3.8, 4) is 34.4 Å². The van der Waals surface area contributed by atoms with Gasteiger partial charge in [0.05, 0.1) is 11.3 Å².